The number of halogens is 6. The van der Waals surface area contributed by atoms with Crippen LogP contribution in [0, 0.1) is 11.3 Å². The van der Waals surface area contributed by atoms with Gasteiger partial charge in [-0.05, 0) is 68.5 Å². The van der Waals surface area contributed by atoms with E-state index in [4.69, 9.17) is 0 Å². The van der Waals surface area contributed by atoms with Gasteiger partial charge in [0.1, 0.15) is 0 Å². The Morgan fingerprint density at radius 2 is 1.52 bits per heavy atom. The fourth-order valence-electron chi connectivity index (χ4n) is 4.72. The number of nitrogens with zero attached hydrogens (tertiary/aromatic N) is 1. The minimum absolute atomic E-state index is 0.0146. The summed E-state index contributed by atoms with van der Waals surface area (Å²) in [6.45, 7) is 5.49. The lowest BCUT2D eigenvalue weighted by molar-refractivity contribution is -0.146. The second kappa shape index (κ2) is 8.64. The van der Waals surface area contributed by atoms with Gasteiger partial charge in [0.25, 0.3) is 0 Å². The number of alkyl halides is 6. The number of hydrogen-bond donors (Lipinski definition) is 1. The summed E-state index contributed by atoms with van der Waals surface area (Å²) in [5, 5.41) is 2.61. The van der Waals surface area contributed by atoms with Gasteiger partial charge in [-0.15, -0.1) is 0 Å². The third-order valence-corrected chi connectivity index (χ3v) is 6.76. The summed E-state index contributed by atoms with van der Waals surface area (Å²) in [5.74, 6) is -0.289. The lowest BCUT2D eigenvalue weighted by Crippen LogP contribution is -2.60. The van der Waals surface area contributed by atoms with E-state index in [9.17, 15) is 31.1 Å². The highest BCUT2D eigenvalue weighted by molar-refractivity contribution is 5.84. The molecule has 3 rings (SSSR count). The molecule has 1 amide bonds. The molecule has 1 heterocycles. The lowest BCUT2D eigenvalue weighted by Gasteiger charge is -2.53. The van der Waals surface area contributed by atoms with Crippen LogP contribution in [0.25, 0.3) is 0 Å². The second-order valence-corrected chi connectivity index (χ2v) is 9.07. The van der Waals surface area contributed by atoms with E-state index in [0.717, 1.165) is 25.9 Å². The van der Waals surface area contributed by atoms with Crippen LogP contribution in [0.15, 0.2) is 18.2 Å². The number of hydrogen-bond acceptors (Lipinski definition) is 2. The highest BCUT2D eigenvalue weighted by Crippen LogP contribution is 2.50. The molecule has 2 aliphatic rings. The molecular weight excluding hydrogens is 422 g/mol. The Kier molecular flexibility index (Phi) is 6.65. The molecule has 1 N–H and O–H groups in total. The maximum absolute atomic E-state index is 13.1. The summed E-state index contributed by atoms with van der Waals surface area (Å²) in [7, 11) is 0. The first-order valence-corrected chi connectivity index (χ1v) is 10.6. The molecule has 3 nitrogen and oxygen atoms in total. The van der Waals surface area contributed by atoms with Gasteiger partial charge in [-0.3, -0.25) is 4.79 Å². The van der Waals surface area contributed by atoms with Crippen molar-refractivity contribution in [2.75, 3.05) is 13.1 Å². The average Bonchev–Trinajstić information content (AvgIpc) is 2.64. The zero-order valence-corrected chi connectivity index (χ0v) is 17.7. The van der Waals surface area contributed by atoms with Gasteiger partial charge in [-0.2, -0.15) is 26.3 Å². The Balaban J connectivity index is 1.71. The van der Waals surface area contributed by atoms with Crippen molar-refractivity contribution in [2.24, 2.45) is 11.3 Å². The monoisotopic (exact) mass is 450 g/mol. The Morgan fingerprint density at radius 1 is 1.00 bits per heavy atom. The lowest BCUT2D eigenvalue weighted by atomic mass is 9.58. The number of rotatable bonds is 5. The van der Waals surface area contributed by atoms with E-state index in [1.54, 1.807) is 0 Å². The molecule has 1 aromatic carbocycles. The highest BCUT2D eigenvalue weighted by atomic mass is 19.4. The van der Waals surface area contributed by atoms with Crippen molar-refractivity contribution in [2.45, 2.75) is 70.9 Å². The molecule has 0 spiro atoms. The smallest absolute Gasteiger partial charge is 0.352 e. The maximum atomic E-state index is 13.1. The fourth-order valence-corrected chi connectivity index (χ4v) is 4.72. The molecule has 9 heteroatoms. The van der Waals surface area contributed by atoms with Crippen molar-refractivity contribution < 1.29 is 31.1 Å². The standard InChI is InChI=1S/C22H28F6N2O/c1-14(2)20(11-18(12-20)30-6-4-3-5-7-30)19(31)29-13-15-8-16(21(23,24)25)10-17(9-15)22(26,27)28/h8-10,14,18H,3-7,11-13H2,1-2H3,(H,29,31). The number of carbonyl (C=O) groups excluding carboxylic acids is 1. The molecule has 31 heavy (non-hydrogen) atoms. The maximum Gasteiger partial charge on any atom is 0.416 e. The SMILES string of the molecule is CC(C)C1(C(=O)NCc2cc(C(F)(F)F)cc(C(F)(F)F)c2)CC(N2CCCCC2)C1. The minimum atomic E-state index is -4.91. The summed E-state index contributed by atoms with van der Waals surface area (Å²) >= 11 is 0. The van der Waals surface area contributed by atoms with E-state index in [0.29, 0.717) is 31.0 Å². The zero-order valence-electron chi connectivity index (χ0n) is 17.7. The van der Waals surface area contributed by atoms with Gasteiger partial charge in [0, 0.05) is 12.6 Å². The van der Waals surface area contributed by atoms with Crippen LogP contribution >= 0.6 is 0 Å². The molecule has 174 valence electrons. The van der Waals surface area contributed by atoms with Crippen molar-refractivity contribution >= 4 is 5.91 Å². The largest absolute Gasteiger partial charge is 0.416 e. The number of amides is 1. The number of piperidine rings is 1. The van der Waals surface area contributed by atoms with Crippen molar-refractivity contribution in [3.63, 3.8) is 0 Å². The van der Waals surface area contributed by atoms with E-state index >= 15 is 0 Å². The van der Waals surface area contributed by atoms with Crippen LogP contribution in [0.3, 0.4) is 0 Å². The van der Waals surface area contributed by atoms with Gasteiger partial charge in [0.2, 0.25) is 5.91 Å². The van der Waals surface area contributed by atoms with E-state index < -0.39 is 28.9 Å². The first-order chi connectivity index (χ1) is 14.3. The van der Waals surface area contributed by atoms with Gasteiger partial charge in [-0.1, -0.05) is 20.3 Å². The number of benzene rings is 1. The van der Waals surface area contributed by atoms with Crippen LogP contribution in [0.5, 0.6) is 0 Å². The van der Waals surface area contributed by atoms with Crippen LogP contribution in [-0.2, 0) is 23.7 Å². The Labute approximate surface area is 178 Å². The molecule has 1 aromatic rings. The molecule has 0 atom stereocenters. The predicted octanol–water partition coefficient (Wildman–Crippen LogP) is 5.63. The quantitative estimate of drug-likeness (QED) is 0.590. The summed E-state index contributed by atoms with van der Waals surface area (Å²) < 4.78 is 78.3. The summed E-state index contributed by atoms with van der Waals surface area (Å²) in [6.07, 6.45) is -5.03. The third-order valence-electron chi connectivity index (χ3n) is 6.76. The van der Waals surface area contributed by atoms with E-state index in [-0.39, 0.29) is 30.0 Å². The summed E-state index contributed by atoms with van der Waals surface area (Å²) in [6, 6.07) is 1.72. The zero-order chi connectivity index (χ0) is 23.0. The number of nitrogens with one attached hydrogen (secondary N) is 1. The number of carbonyl (C=O) groups is 1. The normalized spacial score (nSPS) is 25.4. The van der Waals surface area contributed by atoms with Gasteiger partial charge in [0.15, 0.2) is 0 Å². The van der Waals surface area contributed by atoms with Crippen LogP contribution in [0.1, 0.15) is 62.6 Å². The van der Waals surface area contributed by atoms with Crippen molar-refractivity contribution in [1.29, 1.82) is 0 Å². The minimum Gasteiger partial charge on any atom is -0.352 e. The molecule has 0 unspecified atom stereocenters. The van der Waals surface area contributed by atoms with Crippen LogP contribution in [-0.4, -0.2) is 29.9 Å². The first-order valence-electron chi connectivity index (χ1n) is 10.6. The molecule has 1 aliphatic carbocycles. The summed E-state index contributed by atoms with van der Waals surface area (Å²) in [5.41, 5.74) is -3.62. The number of likely N-dealkylation sites (tertiary alicyclic amines) is 1. The molecular formula is C22H28F6N2O. The van der Waals surface area contributed by atoms with Crippen molar-refractivity contribution in [1.82, 2.24) is 10.2 Å². The summed E-state index contributed by atoms with van der Waals surface area (Å²) in [4.78, 5) is 15.4. The van der Waals surface area contributed by atoms with E-state index in [1.807, 2.05) is 13.8 Å². The van der Waals surface area contributed by atoms with Crippen LogP contribution < -0.4 is 5.32 Å². The van der Waals surface area contributed by atoms with Gasteiger partial charge < -0.3 is 10.2 Å². The molecule has 1 saturated heterocycles. The molecule has 0 radical (unpaired) electrons. The Morgan fingerprint density at radius 3 is 1.97 bits per heavy atom. The second-order valence-electron chi connectivity index (χ2n) is 9.07. The van der Waals surface area contributed by atoms with Crippen LogP contribution in [0.4, 0.5) is 26.3 Å². The Hall–Kier alpha value is -1.77. The van der Waals surface area contributed by atoms with E-state index in [2.05, 4.69) is 10.2 Å². The first kappa shape index (κ1) is 23.9. The average molecular weight is 450 g/mol. The van der Waals surface area contributed by atoms with E-state index in [1.165, 1.54) is 6.42 Å². The third kappa shape index (κ3) is 5.18. The fraction of sp³-hybridized carbons (Fsp3) is 0.682. The molecule has 0 bridgehead atoms. The predicted molar refractivity (Wildman–Crippen MR) is 104 cm³/mol. The van der Waals surface area contributed by atoms with Crippen LogP contribution in [0.2, 0.25) is 0 Å². The van der Waals surface area contributed by atoms with Gasteiger partial charge >= 0.3 is 12.4 Å². The molecule has 2 fully saturated rings. The highest BCUT2D eigenvalue weighted by Gasteiger charge is 2.53. The van der Waals surface area contributed by atoms with Crippen molar-refractivity contribution in [3.8, 4) is 0 Å². The van der Waals surface area contributed by atoms with Crippen molar-refractivity contribution in [3.05, 3.63) is 34.9 Å². The Bertz CT molecular complexity index is 758. The molecule has 0 aromatic heterocycles. The molecule has 1 aliphatic heterocycles. The topological polar surface area (TPSA) is 32.3 Å². The van der Waals surface area contributed by atoms with Gasteiger partial charge in [0.05, 0.1) is 16.5 Å². The molecule has 1 saturated carbocycles. The van der Waals surface area contributed by atoms with Gasteiger partial charge in [-0.25, -0.2) is 0 Å².